The minimum atomic E-state index is -4.41. The molecule has 1 heterocycles. The first-order valence-corrected chi connectivity index (χ1v) is 6.97. The van der Waals surface area contributed by atoms with E-state index in [1.165, 1.54) is 0 Å². The van der Waals surface area contributed by atoms with Crippen molar-refractivity contribution in [1.29, 1.82) is 0 Å². The lowest BCUT2D eigenvalue weighted by molar-refractivity contribution is -0.164. The van der Waals surface area contributed by atoms with Crippen LogP contribution in [-0.4, -0.2) is 23.2 Å². The largest absolute Gasteiger partial charge is 0.408 e. The van der Waals surface area contributed by atoms with Gasteiger partial charge in [0.05, 0.1) is 0 Å². The zero-order valence-corrected chi connectivity index (χ0v) is 11.5. The normalized spacial score (nSPS) is 17.5. The van der Waals surface area contributed by atoms with Gasteiger partial charge in [-0.3, -0.25) is 4.98 Å². The van der Waals surface area contributed by atoms with E-state index in [2.05, 4.69) is 15.6 Å². The number of pyridine rings is 1. The lowest BCUT2D eigenvalue weighted by Gasteiger charge is -2.27. The number of carbonyl (C=O) groups is 1. The average molecular weight is 301 g/mol. The van der Waals surface area contributed by atoms with Crippen molar-refractivity contribution in [3.63, 3.8) is 0 Å². The maximum atomic E-state index is 13.0. The number of amides is 2. The second-order valence-electron chi connectivity index (χ2n) is 5.25. The van der Waals surface area contributed by atoms with E-state index >= 15 is 0 Å². The molecule has 2 rings (SSSR count). The van der Waals surface area contributed by atoms with Crippen LogP contribution in [0.4, 0.5) is 18.0 Å². The minimum absolute atomic E-state index is 0.170. The molecular formula is C14H18F3N3O. The van der Waals surface area contributed by atoms with E-state index in [0.29, 0.717) is 12.8 Å². The summed E-state index contributed by atoms with van der Waals surface area (Å²) in [6.45, 7) is 0.170. The summed E-state index contributed by atoms with van der Waals surface area (Å²) in [5.74, 6) is -0.517. The van der Waals surface area contributed by atoms with Crippen LogP contribution < -0.4 is 10.6 Å². The molecule has 1 fully saturated rings. The van der Waals surface area contributed by atoms with Gasteiger partial charge in [0, 0.05) is 18.9 Å². The molecular weight excluding hydrogens is 283 g/mol. The molecule has 1 aliphatic rings. The van der Waals surface area contributed by atoms with Crippen LogP contribution in [0.2, 0.25) is 0 Å². The molecule has 7 heteroatoms. The Hall–Kier alpha value is -1.79. The smallest absolute Gasteiger partial charge is 0.334 e. The highest BCUT2D eigenvalue weighted by atomic mass is 19.4. The van der Waals surface area contributed by atoms with Crippen molar-refractivity contribution in [2.24, 2.45) is 5.92 Å². The topological polar surface area (TPSA) is 54.0 Å². The number of nitrogens with one attached hydrogen (secondary N) is 2. The van der Waals surface area contributed by atoms with Gasteiger partial charge in [0.2, 0.25) is 0 Å². The van der Waals surface area contributed by atoms with Crippen molar-refractivity contribution in [1.82, 2.24) is 15.6 Å². The van der Waals surface area contributed by atoms with Gasteiger partial charge >= 0.3 is 12.2 Å². The second kappa shape index (κ2) is 6.78. The lowest BCUT2D eigenvalue weighted by Crippen LogP contribution is -2.52. The Balaban J connectivity index is 1.89. The quantitative estimate of drug-likeness (QED) is 0.898. The van der Waals surface area contributed by atoms with Crippen LogP contribution in [-0.2, 0) is 6.54 Å². The highest BCUT2D eigenvalue weighted by Crippen LogP contribution is 2.35. The summed E-state index contributed by atoms with van der Waals surface area (Å²) in [4.78, 5) is 15.5. The Bertz CT molecular complexity index is 458. The van der Waals surface area contributed by atoms with Gasteiger partial charge in [0.15, 0.2) is 0 Å². The molecule has 0 bridgehead atoms. The van der Waals surface area contributed by atoms with Crippen molar-refractivity contribution in [3.05, 3.63) is 30.1 Å². The Kier molecular flexibility index (Phi) is 5.03. The first-order valence-electron chi connectivity index (χ1n) is 6.97. The first-order chi connectivity index (χ1) is 9.97. The molecule has 0 unspecified atom stereocenters. The van der Waals surface area contributed by atoms with Gasteiger partial charge < -0.3 is 10.6 Å². The van der Waals surface area contributed by atoms with Crippen LogP contribution >= 0.6 is 0 Å². The van der Waals surface area contributed by atoms with Crippen LogP contribution in [0.5, 0.6) is 0 Å². The van der Waals surface area contributed by atoms with E-state index in [9.17, 15) is 18.0 Å². The molecule has 0 aliphatic heterocycles. The fourth-order valence-corrected chi connectivity index (χ4v) is 2.63. The maximum absolute atomic E-state index is 13.0. The summed E-state index contributed by atoms with van der Waals surface area (Å²) in [5.41, 5.74) is 0.782. The molecule has 1 saturated carbocycles. The van der Waals surface area contributed by atoms with Gasteiger partial charge in [0.1, 0.15) is 6.04 Å². The molecule has 0 aromatic carbocycles. The van der Waals surface area contributed by atoms with Gasteiger partial charge in [-0.15, -0.1) is 0 Å². The average Bonchev–Trinajstić information content (AvgIpc) is 2.96. The van der Waals surface area contributed by atoms with E-state index in [-0.39, 0.29) is 6.54 Å². The molecule has 4 nitrogen and oxygen atoms in total. The molecule has 1 aliphatic carbocycles. The van der Waals surface area contributed by atoms with Crippen LogP contribution in [0.15, 0.2) is 24.5 Å². The van der Waals surface area contributed by atoms with Gasteiger partial charge in [0.25, 0.3) is 0 Å². The maximum Gasteiger partial charge on any atom is 0.408 e. The number of urea groups is 1. The minimum Gasteiger partial charge on any atom is -0.334 e. The number of hydrogen-bond donors (Lipinski definition) is 2. The van der Waals surface area contributed by atoms with Crippen molar-refractivity contribution in [2.75, 3.05) is 0 Å². The Morgan fingerprint density at radius 1 is 1.29 bits per heavy atom. The van der Waals surface area contributed by atoms with Crippen LogP contribution in [0.3, 0.4) is 0 Å². The number of rotatable bonds is 4. The Morgan fingerprint density at radius 3 is 2.48 bits per heavy atom. The van der Waals surface area contributed by atoms with Gasteiger partial charge in [-0.1, -0.05) is 12.8 Å². The fourth-order valence-electron chi connectivity index (χ4n) is 2.63. The number of halogens is 3. The van der Waals surface area contributed by atoms with Crippen molar-refractivity contribution < 1.29 is 18.0 Å². The van der Waals surface area contributed by atoms with Crippen molar-refractivity contribution >= 4 is 6.03 Å². The van der Waals surface area contributed by atoms with Crippen LogP contribution in [0.25, 0.3) is 0 Å². The van der Waals surface area contributed by atoms with Gasteiger partial charge in [-0.25, -0.2) is 4.79 Å². The van der Waals surface area contributed by atoms with Crippen molar-refractivity contribution in [2.45, 2.75) is 44.4 Å². The lowest BCUT2D eigenvalue weighted by atomic mass is 9.98. The molecule has 21 heavy (non-hydrogen) atoms. The molecule has 0 radical (unpaired) electrons. The summed E-state index contributed by atoms with van der Waals surface area (Å²) in [6.07, 6.45) is 1.31. The van der Waals surface area contributed by atoms with Gasteiger partial charge in [-0.2, -0.15) is 13.2 Å². The Labute approximate surface area is 121 Å². The van der Waals surface area contributed by atoms with Gasteiger partial charge in [-0.05, 0) is 36.5 Å². The number of alkyl halides is 3. The number of aromatic nitrogens is 1. The third-order valence-corrected chi connectivity index (χ3v) is 3.71. The highest BCUT2D eigenvalue weighted by Gasteiger charge is 2.46. The summed E-state index contributed by atoms with van der Waals surface area (Å²) < 4.78 is 39.1. The number of carbonyl (C=O) groups excluding carboxylic acids is 1. The summed E-state index contributed by atoms with van der Waals surface area (Å²) in [6, 6.07) is 0.829. The predicted octanol–water partition coefficient (Wildman–Crippen LogP) is 3.00. The zero-order chi connectivity index (χ0) is 15.3. The second-order valence-corrected chi connectivity index (χ2v) is 5.25. The molecule has 116 valence electrons. The number of nitrogens with zero attached hydrogens (tertiary/aromatic N) is 1. The summed E-state index contributed by atoms with van der Waals surface area (Å²) >= 11 is 0. The van der Waals surface area contributed by atoms with E-state index < -0.39 is 24.2 Å². The molecule has 0 spiro atoms. The summed E-state index contributed by atoms with van der Waals surface area (Å²) in [5, 5.41) is 4.53. The first kappa shape index (κ1) is 15.6. The molecule has 1 aromatic rings. The van der Waals surface area contributed by atoms with E-state index in [4.69, 9.17) is 0 Å². The molecule has 0 saturated heterocycles. The summed E-state index contributed by atoms with van der Waals surface area (Å²) in [7, 11) is 0. The van der Waals surface area contributed by atoms with Crippen molar-refractivity contribution in [3.8, 4) is 0 Å². The molecule has 2 N–H and O–H groups in total. The Morgan fingerprint density at radius 2 is 1.90 bits per heavy atom. The molecule has 1 aromatic heterocycles. The zero-order valence-electron chi connectivity index (χ0n) is 11.5. The third kappa shape index (κ3) is 4.61. The highest BCUT2D eigenvalue weighted by molar-refractivity contribution is 5.74. The van der Waals surface area contributed by atoms with E-state index in [1.54, 1.807) is 24.5 Å². The number of hydrogen-bond acceptors (Lipinski definition) is 2. The van der Waals surface area contributed by atoms with Crippen LogP contribution in [0.1, 0.15) is 31.2 Å². The van der Waals surface area contributed by atoms with E-state index in [1.807, 2.05) is 0 Å². The standard InChI is InChI=1S/C14H18F3N3O/c15-14(16,17)12(11-3-1-2-4-11)20-13(21)19-9-10-5-7-18-8-6-10/h5-8,11-12H,1-4,9H2,(H2,19,20,21)/t12-/m1/s1. The molecule has 2 amide bonds. The SMILES string of the molecule is O=C(NCc1ccncc1)N[C@H](C1CCCC1)C(F)(F)F. The van der Waals surface area contributed by atoms with Crippen LogP contribution in [0, 0.1) is 5.92 Å². The monoisotopic (exact) mass is 301 g/mol. The fraction of sp³-hybridized carbons (Fsp3) is 0.571. The predicted molar refractivity (Wildman–Crippen MR) is 71.4 cm³/mol. The molecule has 1 atom stereocenters. The van der Waals surface area contributed by atoms with E-state index in [0.717, 1.165) is 18.4 Å². The third-order valence-electron chi connectivity index (χ3n) is 3.71.